The van der Waals surface area contributed by atoms with Gasteiger partial charge in [0.2, 0.25) is 5.91 Å². The number of rotatable bonds is 2. The first kappa shape index (κ1) is 16.3. The van der Waals surface area contributed by atoms with Crippen molar-refractivity contribution in [2.24, 2.45) is 0 Å². The van der Waals surface area contributed by atoms with Crippen molar-refractivity contribution in [1.29, 1.82) is 0 Å². The van der Waals surface area contributed by atoms with Crippen molar-refractivity contribution in [2.75, 3.05) is 6.54 Å². The highest BCUT2D eigenvalue weighted by atomic mass is 35.5. The first-order chi connectivity index (χ1) is 12.7. The number of hydrazine groups is 1. The molecule has 2 atom stereocenters. The van der Waals surface area contributed by atoms with Gasteiger partial charge >= 0.3 is 0 Å². The van der Waals surface area contributed by atoms with Crippen LogP contribution in [0.4, 0.5) is 0 Å². The van der Waals surface area contributed by atoms with E-state index in [2.05, 4.69) is 27.3 Å². The highest BCUT2D eigenvalue weighted by Crippen LogP contribution is 2.31. The normalized spacial score (nSPS) is 22.7. The number of H-pyrrole nitrogens is 1. The number of carbonyl (C=O) groups excluding carboxylic acids is 1. The van der Waals surface area contributed by atoms with Crippen LogP contribution in [-0.2, 0) is 17.8 Å². The van der Waals surface area contributed by atoms with Crippen LogP contribution < -0.4 is 10.9 Å². The summed E-state index contributed by atoms with van der Waals surface area (Å²) in [6, 6.07) is 10.1. The molecule has 5 rings (SSSR count). The molecule has 3 aromatic rings. The largest absolute Gasteiger partial charge is 0.358 e. The lowest BCUT2D eigenvalue weighted by atomic mass is 10.0. The van der Waals surface area contributed by atoms with Crippen LogP contribution in [0, 0.1) is 0 Å². The topological polar surface area (TPSA) is 60.2 Å². The quantitative estimate of drug-likeness (QED) is 0.632. The highest BCUT2D eigenvalue weighted by Gasteiger charge is 2.35. The Morgan fingerprint density at radius 1 is 1.27 bits per heavy atom. The molecule has 1 fully saturated rings. The lowest BCUT2D eigenvalue weighted by Gasteiger charge is -2.29. The van der Waals surface area contributed by atoms with E-state index in [1.165, 1.54) is 16.1 Å². The Labute approximate surface area is 160 Å². The molecule has 0 saturated carbocycles. The van der Waals surface area contributed by atoms with Crippen LogP contribution in [-0.4, -0.2) is 28.4 Å². The van der Waals surface area contributed by atoms with Crippen molar-refractivity contribution in [3.8, 4) is 0 Å². The number of hydrogen-bond acceptors (Lipinski definition) is 4. The molecular formula is C19H19ClN4OS. The van der Waals surface area contributed by atoms with Crippen LogP contribution in [0.15, 0.2) is 35.7 Å². The Balaban J connectivity index is 1.35. The van der Waals surface area contributed by atoms with Crippen LogP contribution >= 0.6 is 22.9 Å². The zero-order valence-corrected chi connectivity index (χ0v) is 15.7. The third kappa shape index (κ3) is 2.74. The Morgan fingerprint density at radius 3 is 3.04 bits per heavy atom. The second-order valence-electron chi connectivity index (χ2n) is 6.93. The van der Waals surface area contributed by atoms with E-state index in [0.717, 1.165) is 35.3 Å². The molecule has 26 heavy (non-hydrogen) atoms. The summed E-state index contributed by atoms with van der Waals surface area (Å²) in [5, 5.41) is 3.92. The molecule has 2 unspecified atom stereocenters. The maximum absolute atomic E-state index is 13.0. The van der Waals surface area contributed by atoms with Crippen molar-refractivity contribution in [1.82, 2.24) is 20.7 Å². The summed E-state index contributed by atoms with van der Waals surface area (Å²) >= 11 is 7.89. The summed E-state index contributed by atoms with van der Waals surface area (Å²) in [6.07, 6.45) is 1.63. The number of hydrogen-bond donors (Lipinski definition) is 3. The fourth-order valence-corrected chi connectivity index (χ4v) is 4.95. The third-order valence-corrected chi connectivity index (χ3v) is 6.56. The molecule has 7 heteroatoms. The van der Waals surface area contributed by atoms with E-state index in [0.29, 0.717) is 6.54 Å². The first-order valence-corrected chi connectivity index (χ1v) is 10.1. The third-order valence-electron chi connectivity index (χ3n) is 5.34. The highest BCUT2D eigenvalue weighted by molar-refractivity contribution is 7.10. The molecule has 0 bridgehead atoms. The number of nitrogens with one attached hydrogen (secondary N) is 3. The molecule has 2 aliphatic rings. The minimum absolute atomic E-state index is 0.165. The number of nitrogens with zero attached hydrogens (tertiary/aromatic N) is 1. The average Bonchev–Trinajstić information content (AvgIpc) is 3.39. The smallest absolute Gasteiger partial charge is 0.241 e. The minimum Gasteiger partial charge on any atom is -0.358 e. The molecule has 1 saturated heterocycles. The van der Waals surface area contributed by atoms with Gasteiger partial charge in [-0.2, -0.15) is 0 Å². The molecular weight excluding hydrogens is 368 g/mol. The van der Waals surface area contributed by atoms with Gasteiger partial charge in [0.1, 0.15) is 6.04 Å². The van der Waals surface area contributed by atoms with E-state index in [1.54, 1.807) is 11.3 Å². The van der Waals surface area contributed by atoms with Gasteiger partial charge in [-0.3, -0.25) is 4.79 Å². The van der Waals surface area contributed by atoms with Crippen molar-refractivity contribution < 1.29 is 4.79 Å². The Kier molecular flexibility index (Phi) is 4.01. The van der Waals surface area contributed by atoms with Gasteiger partial charge in [0.05, 0.1) is 6.04 Å². The maximum atomic E-state index is 13.0. The lowest BCUT2D eigenvalue weighted by Crippen LogP contribution is -2.47. The number of thiophene rings is 1. The van der Waals surface area contributed by atoms with Crippen LogP contribution in [0.5, 0.6) is 0 Å². The molecule has 0 radical (unpaired) electrons. The van der Waals surface area contributed by atoms with Gasteiger partial charge in [0, 0.05) is 51.6 Å². The number of aromatic nitrogens is 1. The van der Waals surface area contributed by atoms with Gasteiger partial charge in [-0.1, -0.05) is 17.7 Å². The molecule has 1 aromatic carbocycles. The Bertz CT molecular complexity index is 967. The van der Waals surface area contributed by atoms with Crippen LogP contribution in [0.2, 0.25) is 5.02 Å². The zero-order valence-electron chi connectivity index (χ0n) is 14.1. The van der Waals surface area contributed by atoms with Gasteiger partial charge in [0.25, 0.3) is 0 Å². The number of amides is 1. The standard InChI is InChI=1S/C19H19ClN4OS/c20-11-3-4-14-12(8-11)13-10-24(6-5-15(13)21-14)19(25)17-9-16(22-23-17)18-2-1-7-26-18/h1-4,7-8,16-17,21-23H,5-6,9-10H2. The number of carbonyl (C=O) groups is 1. The van der Waals surface area contributed by atoms with E-state index in [9.17, 15) is 4.79 Å². The molecule has 2 aromatic heterocycles. The minimum atomic E-state index is -0.183. The van der Waals surface area contributed by atoms with Crippen molar-refractivity contribution in [2.45, 2.75) is 31.5 Å². The number of benzene rings is 1. The summed E-state index contributed by atoms with van der Waals surface area (Å²) in [5.74, 6) is 0.165. The van der Waals surface area contributed by atoms with Gasteiger partial charge < -0.3 is 9.88 Å². The molecule has 5 nitrogen and oxygen atoms in total. The summed E-state index contributed by atoms with van der Waals surface area (Å²) in [5.41, 5.74) is 9.97. The van der Waals surface area contributed by atoms with Crippen molar-refractivity contribution in [3.05, 3.63) is 56.9 Å². The van der Waals surface area contributed by atoms with Crippen LogP contribution in [0.25, 0.3) is 10.9 Å². The predicted molar refractivity (Wildman–Crippen MR) is 104 cm³/mol. The van der Waals surface area contributed by atoms with E-state index >= 15 is 0 Å². The van der Waals surface area contributed by atoms with Gasteiger partial charge in [-0.25, -0.2) is 10.9 Å². The monoisotopic (exact) mass is 386 g/mol. The van der Waals surface area contributed by atoms with E-state index in [-0.39, 0.29) is 18.0 Å². The lowest BCUT2D eigenvalue weighted by molar-refractivity contribution is -0.134. The molecule has 3 N–H and O–H groups in total. The Hall–Kier alpha value is -1.86. The van der Waals surface area contributed by atoms with Crippen LogP contribution in [0.1, 0.15) is 28.6 Å². The number of aromatic amines is 1. The van der Waals surface area contributed by atoms with E-state index in [1.807, 2.05) is 29.2 Å². The average molecular weight is 387 g/mol. The van der Waals surface area contributed by atoms with Crippen molar-refractivity contribution in [3.63, 3.8) is 0 Å². The molecule has 134 valence electrons. The molecule has 1 amide bonds. The number of halogens is 1. The predicted octanol–water partition coefficient (Wildman–Crippen LogP) is 3.38. The molecule has 2 aliphatic heterocycles. The summed E-state index contributed by atoms with van der Waals surface area (Å²) in [7, 11) is 0. The second kappa shape index (κ2) is 6.39. The fourth-order valence-electron chi connectivity index (χ4n) is 3.99. The Morgan fingerprint density at radius 2 is 2.19 bits per heavy atom. The van der Waals surface area contributed by atoms with Gasteiger partial charge in [-0.05, 0) is 36.1 Å². The van der Waals surface area contributed by atoms with E-state index in [4.69, 9.17) is 11.6 Å². The maximum Gasteiger partial charge on any atom is 0.241 e. The first-order valence-electron chi connectivity index (χ1n) is 8.81. The van der Waals surface area contributed by atoms with Crippen LogP contribution in [0.3, 0.4) is 0 Å². The fraction of sp³-hybridized carbons (Fsp3) is 0.316. The molecule has 0 spiro atoms. The second-order valence-corrected chi connectivity index (χ2v) is 8.34. The van der Waals surface area contributed by atoms with Crippen molar-refractivity contribution >= 4 is 39.7 Å². The van der Waals surface area contributed by atoms with Gasteiger partial charge in [0.15, 0.2) is 0 Å². The number of fused-ring (bicyclic) bond motifs is 3. The molecule has 0 aliphatic carbocycles. The van der Waals surface area contributed by atoms with E-state index < -0.39 is 0 Å². The zero-order chi connectivity index (χ0) is 17.7. The summed E-state index contributed by atoms with van der Waals surface area (Å²) in [4.78, 5) is 19.7. The summed E-state index contributed by atoms with van der Waals surface area (Å²) in [6.45, 7) is 1.38. The van der Waals surface area contributed by atoms with Gasteiger partial charge in [-0.15, -0.1) is 11.3 Å². The summed E-state index contributed by atoms with van der Waals surface area (Å²) < 4.78 is 0. The molecule has 4 heterocycles. The SMILES string of the molecule is O=C(C1CC(c2cccs2)NN1)N1CCc2[nH]c3ccc(Cl)cc3c2C1.